The van der Waals surface area contributed by atoms with Crippen LogP contribution in [0, 0.1) is 11.3 Å². The molecule has 0 atom stereocenters. The molecule has 15 aromatic carbocycles. The number of hydrogen-bond donors (Lipinski definition) is 0. The average molecular weight is 1240 g/mol. The molecule has 1 heterocycles. The predicted molar refractivity (Wildman–Crippen MR) is 406 cm³/mol. The summed E-state index contributed by atoms with van der Waals surface area (Å²) in [6, 6.07) is 140. The standard InChI is InChI=1S/C91H64N6/c92-65-84-87(68-51-55-78(56-52-68)93(70-35-15-3-16-36-70)71-37-17-4-18-38-71)89(66-31-11-1-12-32-66)91(90(67-33-13-2-14-34-67)88(84)69-53-57-79(58-54-69)94(72-39-19-5-20-40-72)73-41-21-6-22-42-73)97-85-61-59-80(95(74-43-23-7-24-44-74)75-45-25-8-26-46-75)63-82(85)83-64-81(60-62-86(83)97)96(76-47-27-9-28-48-76)77-49-29-10-30-50-77/h1-64H. The topological polar surface area (TPSA) is 41.7 Å². The lowest BCUT2D eigenvalue weighted by Gasteiger charge is -2.29. The van der Waals surface area contributed by atoms with Gasteiger partial charge in [-0.05, 0) is 180 Å². The molecule has 0 bridgehead atoms. The van der Waals surface area contributed by atoms with Gasteiger partial charge in [0.15, 0.2) is 0 Å². The van der Waals surface area contributed by atoms with Crippen LogP contribution in [-0.2, 0) is 0 Å². The highest BCUT2D eigenvalue weighted by atomic mass is 15.2. The first kappa shape index (κ1) is 58.8. The normalized spacial score (nSPS) is 11.1. The van der Waals surface area contributed by atoms with Crippen molar-refractivity contribution >= 4 is 90.1 Å². The second-order valence-electron chi connectivity index (χ2n) is 23.9. The van der Waals surface area contributed by atoms with Crippen LogP contribution in [0.4, 0.5) is 68.2 Å². The molecule has 0 amide bonds. The maximum Gasteiger partial charge on any atom is 0.100 e. The Morgan fingerprint density at radius 1 is 0.206 bits per heavy atom. The summed E-state index contributed by atoms with van der Waals surface area (Å²) in [5, 5.41) is 14.7. The van der Waals surface area contributed by atoms with Crippen molar-refractivity contribution in [3.63, 3.8) is 0 Å². The zero-order valence-corrected chi connectivity index (χ0v) is 53.1. The van der Waals surface area contributed by atoms with Gasteiger partial charge in [0.2, 0.25) is 0 Å². The fraction of sp³-hybridized carbons (Fsp3) is 0. The van der Waals surface area contributed by atoms with Crippen molar-refractivity contribution in [1.29, 1.82) is 5.26 Å². The summed E-state index contributed by atoms with van der Waals surface area (Å²) < 4.78 is 2.50. The molecule has 0 unspecified atom stereocenters. The van der Waals surface area contributed by atoms with E-state index in [4.69, 9.17) is 0 Å². The van der Waals surface area contributed by atoms with Gasteiger partial charge in [0, 0.05) is 101 Å². The Morgan fingerprint density at radius 2 is 0.412 bits per heavy atom. The summed E-state index contributed by atoms with van der Waals surface area (Å²) in [5.74, 6) is 0. The minimum Gasteiger partial charge on any atom is -0.311 e. The van der Waals surface area contributed by atoms with Crippen molar-refractivity contribution in [1.82, 2.24) is 4.57 Å². The largest absolute Gasteiger partial charge is 0.311 e. The molecule has 6 nitrogen and oxygen atoms in total. The molecule has 16 aromatic rings. The third-order valence-corrected chi connectivity index (χ3v) is 18.1. The Hall–Kier alpha value is -13.2. The number of hydrogen-bond acceptors (Lipinski definition) is 5. The highest BCUT2D eigenvalue weighted by Crippen LogP contribution is 2.54. The summed E-state index contributed by atoms with van der Waals surface area (Å²) in [5.41, 5.74) is 22.9. The molecule has 0 saturated heterocycles. The number of anilines is 12. The molecule has 97 heavy (non-hydrogen) atoms. The van der Waals surface area contributed by atoms with E-state index in [1.54, 1.807) is 0 Å². The molecule has 16 rings (SSSR count). The van der Waals surface area contributed by atoms with Crippen LogP contribution < -0.4 is 19.6 Å². The average Bonchev–Trinajstić information content (AvgIpc) is 1.68. The van der Waals surface area contributed by atoms with Gasteiger partial charge in [-0.2, -0.15) is 5.26 Å². The lowest BCUT2D eigenvalue weighted by molar-refractivity contribution is 1.18. The Kier molecular flexibility index (Phi) is 16.0. The number of nitriles is 1. The van der Waals surface area contributed by atoms with E-state index in [1.165, 1.54) is 0 Å². The highest BCUT2D eigenvalue weighted by Gasteiger charge is 2.32. The number of nitrogens with zero attached hydrogens (tertiary/aromatic N) is 6. The molecular weight excluding hydrogens is 1180 g/mol. The zero-order valence-electron chi connectivity index (χ0n) is 53.1. The Labute approximate surface area is 566 Å². The molecule has 0 aliphatic heterocycles. The molecule has 458 valence electrons. The van der Waals surface area contributed by atoms with Crippen LogP contribution in [0.25, 0.3) is 72.0 Å². The van der Waals surface area contributed by atoms with Gasteiger partial charge in [-0.3, -0.25) is 0 Å². The zero-order chi connectivity index (χ0) is 64.9. The summed E-state index contributed by atoms with van der Waals surface area (Å²) in [4.78, 5) is 9.25. The summed E-state index contributed by atoms with van der Waals surface area (Å²) >= 11 is 0. The van der Waals surface area contributed by atoms with Gasteiger partial charge in [-0.25, -0.2) is 0 Å². The minimum atomic E-state index is 0.556. The molecule has 0 saturated carbocycles. The molecule has 1 aromatic heterocycles. The fourth-order valence-corrected chi connectivity index (χ4v) is 13.9. The van der Waals surface area contributed by atoms with E-state index in [1.807, 2.05) is 0 Å². The summed E-state index contributed by atoms with van der Waals surface area (Å²) in [6.45, 7) is 0. The van der Waals surface area contributed by atoms with Crippen LogP contribution in [0.5, 0.6) is 0 Å². The number of rotatable bonds is 17. The van der Waals surface area contributed by atoms with E-state index < -0.39 is 0 Å². The molecular formula is C91H64N6. The maximum atomic E-state index is 12.6. The second-order valence-corrected chi connectivity index (χ2v) is 23.9. The fourth-order valence-electron chi connectivity index (χ4n) is 13.9. The molecule has 0 N–H and O–H groups in total. The van der Waals surface area contributed by atoms with Gasteiger partial charge in [-0.1, -0.05) is 231 Å². The molecule has 0 aliphatic carbocycles. The van der Waals surface area contributed by atoms with Crippen molar-refractivity contribution in [2.24, 2.45) is 0 Å². The van der Waals surface area contributed by atoms with Gasteiger partial charge in [-0.15, -0.1) is 0 Å². The van der Waals surface area contributed by atoms with Gasteiger partial charge < -0.3 is 24.2 Å². The quantitative estimate of drug-likeness (QED) is 0.0909. The first-order chi connectivity index (χ1) is 48.1. The Balaban J connectivity index is 1.04. The number of aromatic nitrogens is 1. The minimum absolute atomic E-state index is 0.556. The first-order valence-electron chi connectivity index (χ1n) is 32.8. The maximum absolute atomic E-state index is 12.6. The molecule has 0 fully saturated rings. The highest BCUT2D eigenvalue weighted by molar-refractivity contribution is 6.16. The van der Waals surface area contributed by atoms with E-state index in [-0.39, 0.29) is 0 Å². The third kappa shape index (κ3) is 11.3. The summed E-state index contributed by atoms with van der Waals surface area (Å²) in [7, 11) is 0. The number of fused-ring (bicyclic) bond motifs is 3. The van der Waals surface area contributed by atoms with Crippen LogP contribution in [-0.4, -0.2) is 4.57 Å². The lowest BCUT2D eigenvalue weighted by atomic mass is 9.79. The van der Waals surface area contributed by atoms with Crippen molar-refractivity contribution in [3.8, 4) is 56.3 Å². The van der Waals surface area contributed by atoms with Gasteiger partial charge >= 0.3 is 0 Å². The van der Waals surface area contributed by atoms with Crippen molar-refractivity contribution in [3.05, 3.63) is 394 Å². The van der Waals surface area contributed by atoms with Crippen molar-refractivity contribution in [2.45, 2.75) is 0 Å². The van der Waals surface area contributed by atoms with Crippen LogP contribution in [0.15, 0.2) is 388 Å². The van der Waals surface area contributed by atoms with Crippen LogP contribution in [0.3, 0.4) is 0 Å². The van der Waals surface area contributed by atoms with E-state index in [2.05, 4.69) is 418 Å². The third-order valence-electron chi connectivity index (χ3n) is 18.1. The Morgan fingerprint density at radius 3 is 0.660 bits per heavy atom. The van der Waals surface area contributed by atoms with Crippen molar-refractivity contribution in [2.75, 3.05) is 19.6 Å². The van der Waals surface area contributed by atoms with E-state index >= 15 is 0 Å². The molecule has 0 spiro atoms. The monoisotopic (exact) mass is 1240 g/mol. The molecule has 6 heteroatoms. The number of benzene rings is 15. The second kappa shape index (κ2) is 26.4. The van der Waals surface area contributed by atoms with E-state index in [0.29, 0.717) is 5.56 Å². The molecule has 0 aliphatic rings. The van der Waals surface area contributed by atoms with Crippen molar-refractivity contribution < 1.29 is 0 Å². The smallest absolute Gasteiger partial charge is 0.100 e. The lowest BCUT2D eigenvalue weighted by Crippen LogP contribution is -2.10. The van der Waals surface area contributed by atoms with Crippen LogP contribution in [0.2, 0.25) is 0 Å². The predicted octanol–water partition coefficient (Wildman–Crippen LogP) is 25.2. The first-order valence-corrected chi connectivity index (χ1v) is 32.8. The van der Waals surface area contributed by atoms with Crippen LogP contribution in [0.1, 0.15) is 5.56 Å². The van der Waals surface area contributed by atoms with E-state index in [9.17, 15) is 5.26 Å². The molecule has 0 radical (unpaired) electrons. The SMILES string of the molecule is N#Cc1c(-c2ccc(N(c3ccccc3)c3ccccc3)cc2)c(-c2ccccc2)c(-n2c3ccc(N(c4ccccc4)c4ccccc4)cc3c3cc(N(c4ccccc4)c4ccccc4)ccc32)c(-c2ccccc2)c1-c1ccc(N(c2ccccc2)c2ccccc2)cc1. The van der Waals surface area contributed by atoms with E-state index in [0.717, 1.165) is 140 Å². The Bertz CT molecular complexity index is 4910. The van der Waals surface area contributed by atoms with Gasteiger partial charge in [0.25, 0.3) is 0 Å². The van der Waals surface area contributed by atoms with Gasteiger partial charge in [0.1, 0.15) is 6.07 Å². The number of para-hydroxylation sites is 8. The summed E-state index contributed by atoms with van der Waals surface area (Å²) in [6.07, 6.45) is 0. The van der Waals surface area contributed by atoms with Gasteiger partial charge in [0.05, 0.1) is 22.3 Å². The van der Waals surface area contributed by atoms with Crippen LogP contribution >= 0.6 is 0 Å².